The Morgan fingerprint density at radius 1 is 0.739 bits per heavy atom. The molecule has 3 amide bonds. The zero-order chi connectivity index (χ0) is 32.5. The van der Waals surface area contributed by atoms with Crippen LogP contribution in [0.4, 0.5) is 21.9 Å². The van der Waals surface area contributed by atoms with Crippen LogP contribution < -0.4 is 20.9 Å². The van der Waals surface area contributed by atoms with E-state index >= 15 is 0 Å². The number of carbonyl (C=O) groups excluding carboxylic acids is 2. The van der Waals surface area contributed by atoms with Crippen molar-refractivity contribution < 1.29 is 19.5 Å². The number of carboxylic acid groups (broad SMARTS) is 1. The minimum Gasteiger partial charge on any atom is -0.480 e. The van der Waals surface area contributed by atoms with Crippen LogP contribution in [0.5, 0.6) is 0 Å². The van der Waals surface area contributed by atoms with E-state index in [4.69, 9.17) is 0 Å². The molecular weight excluding hydrogens is 578 g/mol. The minimum absolute atomic E-state index is 0.0877. The van der Waals surface area contributed by atoms with Crippen molar-refractivity contribution in [2.75, 3.05) is 41.7 Å². The summed E-state index contributed by atoms with van der Waals surface area (Å²) in [6.07, 6.45) is 0.307. The van der Waals surface area contributed by atoms with Gasteiger partial charge in [-0.2, -0.15) is 0 Å². The zero-order valence-corrected chi connectivity index (χ0v) is 26.2. The molecular formula is C37H41N5O4. The second-order valence-corrected chi connectivity index (χ2v) is 11.9. The smallest absolute Gasteiger partial charge is 0.326 e. The summed E-state index contributed by atoms with van der Waals surface area (Å²) < 4.78 is 0. The lowest BCUT2D eigenvalue weighted by Gasteiger charge is -2.41. The Labute approximate surface area is 270 Å². The summed E-state index contributed by atoms with van der Waals surface area (Å²) in [7, 11) is 0. The van der Waals surface area contributed by atoms with E-state index in [1.165, 1.54) is 11.1 Å². The van der Waals surface area contributed by atoms with Crippen LogP contribution in [0.15, 0.2) is 109 Å². The minimum atomic E-state index is -1.08. The van der Waals surface area contributed by atoms with E-state index in [0.29, 0.717) is 30.9 Å². The number of piperazine rings is 1. The van der Waals surface area contributed by atoms with Gasteiger partial charge in [0.25, 0.3) is 5.91 Å². The summed E-state index contributed by atoms with van der Waals surface area (Å²) in [5.41, 5.74) is 4.61. The van der Waals surface area contributed by atoms with Crippen LogP contribution in [0, 0.1) is 5.92 Å². The molecule has 4 aromatic carbocycles. The lowest BCUT2D eigenvalue weighted by molar-refractivity contribution is -0.139. The number of nitrogens with zero attached hydrogens (tertiary/aromatic N) is 2. The standard InChI is InChI=1S/C37H41N5O4/c1-26(2)24-32(36(44)45)39-35(43)29-18-19-33(31(25-29)40-37(46)38-30-16-10-5-11-17-30)41-20-22-42(23-21-41)34(27-12-6-3-7-13-27)28-14-8-4-9-15-28/h3-19,25-26,32,34H,20-24H2,1-2H3,(H,39,43)(H,44,45)(H2,38,40,46). The van der Waals surface area contributed by atoms with Gasteiger partial charge in [0.05, 0.1) is 17.4 Å². The first-order valence-electron chi connectivity index (χ1n) is 15.7. The Morgan fingerprint density at radius 3 is 1.85 bits per heavy atom. The van der Waals surface area contributed by atoms with Crippen molar-refractivity contribution >= 4 is 35.0 Å². The number of carbonyl (C=O) groups is 3. The number of benzene rings is 4. The summed E-state index contributed by atoms with van der Waals surface area (Å²) in [6.45, 7) is 6.78. The van der Waals surface area contributed by atoms with Gasteiger partial charge in [0.15, 0.2) is 0 Å². The number of hydrogen-bond donors (Lipinski definition) is 4. The van der Waals surface area contributed by atoms with E-state index in [9.17, 15) is 19.5 Å². The summed E-state index contributed by atoms with van der Waals surface area (Å²) in [4.78, 5) is 42.8. The molecule has 9 nitrogen and oxygen atoms in total. The Morgan fingerprint density at radius 2 is 1.30 bits per heavy atom. The van der Waals surface area contributed by atoms with Gasteiger partial charge < -0.3 is 26.0 Å². The molecule has 1 saturated heterocycles. The van der Waals surface area contributed by atoms with Crippen LogP contribution in [0.3, 0.4) is 0 Å². The van der Waals surface area contributed by atoms with Gasteiger partial charge in [-0.05, 0) is 53.8 Å². The van der Waals surface area contributed by atoms with Crippen molar-refractivity contribution in [2.24, 2.45) is 5.92 Å². The molecule has 1 aliphatic rings. The number of anilines is 3. The Hall–Kier alpha value is -5.15. The fourth-order valence-corrected chi connectivity index (χ4v) is 5.90. The molecule has 5 rings (SSSR count). The molecule has 1 unspecified atom stereocenters. The molecule has 0 bridgehead atoms. The zero-order valence-electron chi connectivity index (χ0n) is 26.2. The second-order valence-electron chi connectivity index (χ2n) is 11.9. The fraction of sp³-hybridized carbons (Fsp3) is 0.270. The lowest BCUT2D eigenvalue weighted by Crippen LogP contribution is -2.48. The number of nitrogens with one attached hydrogen (secondary N) is 3. The third-order valence-electron chi connectivity index (χ3n) is 8.10. The van der Waals surface area contributed by atoms with Crippen molar-refractivity contribution in [1.82, 2.24) is 10.2 Å². The maximum atomic E-state index is 13.2. The van der Waals surface area contributed by atoms with Crippen molar-refractivity contribution in [2.45, 2.75) is 32.4 Å². The highest BCUT2D eigenvalue weighted by Gasteiger charge is 2.28. The first-order valence-corrected chi connectivity index (χ1v) is 15.7. The van der Waals surface area contributed by atoms with Crippen LogP contribution in [-0.2, 0) is 4.79 Å². The summed E-state index contributed by atoms with van der Waals surface area (Å²) in [5, 5.41) is 18.1. The van der Waals surface area contributed by atoms with Crippen LogP contribution in [0.25, 0.3) is 0 Å². The predicted octanol–water partition coefficient (Wildman–Crippen LogP) is 6.47. The molecule has 1 heterocycles. The van der Waals surface area contributed by atoms with Crippen molar-refractivity contribution in [1.29, 1.82) is 0 Å². The molecule has 0 aromatic heterocycles. The van der Waals surface area contributed by atoms with Crippen LogP contribution in [-0.4, -0.2) is 60.1 Å². The van der Waals surface area contributed by atoms with E-state index in [0.717, 1.165) is 18.8 Å². The second kappa shape index (κ2) is 15.2. The fourth-order valence-electron chi connectivity index (χ4n) is 5.90. The average Bonchev–Trinajstić information content (AvgIpc) is 3.06. The van der Waals surface area contributed by atoms with Gasteiger partial charge in [-0.25, -0.2) is 9.59 Å². The van der Waals surface area contributed by atoms with Gasteiger partial charge >= 0.3 is 12.0 Å². The topological polar surface area (TPSA) is 114 Å². The highest BCUT2D eigenvalue weighted by molar-refractivity contribution is 6.04. The predicted molar refractivity (Wildman–Crippen MR) is 182 cm³/mol. The molecule has 46 heavy (non-hydrogen) atoms. The first-order chi connectivity index (χ1) is 22.3. The number of hydrogen-bond acceptors (Lipinski definition) is 5. The SMILES string of the molecule is CC(C)CC(NC(=O)c1ccc(N2CCN(C(c3ccccc3)c3ccccc3)CC2)c(NC(=O)Nc2ccccc2)c1)C(=O)O. The number of urea groups is 1. The maximum absolute atomic E-state index is 13.2. The summed E-state index contributed by atoms with van der Waals surface area (Å²) >= 11 is 0. The molecule has 0 spiro atoms. The maximum Gasteiger partial charge on any atom is 0.326 e. The lowest BCUT2D eigenvalue weighted by atomic mass is 9.96. The Balaban J connectivity index is 1.38. The molecule has 4 aromatic rings. The normalized spacial score (nSPS) is 14.1. The van der Waals surface area contributed by atoms with E-state index in [1.807, 2.05) is 50.2 Å². The number of carboxylic acids is 1. The molecule has 9 heteroatoms. The number of amides is 3. The molecule has 238 valence electrons. The number of para-hydroxylation sites is 1. The summed E-state index contributed by atoms with van der Waals surface area (Å²) in [6, 6.07) is 33.9. The molecule has 1 atom stereocenters. The third kappa shape index (κ3) is 8.31. The third-order valence-corrected chi connectivity index (χ3v) is 8.10. The molecule has 1 aliphatic heterocycles. The largest absolute Gasteiger partial charge is 0.480 e. The quantitative estimate of drug-likeness (QED) is 0.153. The molecule has 0 radical (unpaired) electrons. The average molecular weight is 620 g/mol. The van der Waals surface area contributed by atoms with Crippen LogP contribution in [0.2, 0.25) is 0 Å². The Kier molecular flexibility index (Phi) is 10.7. The summed E-state index contributed by atoms with van der Waals surface area (Å²) in [5.74, 6) is -1.50. The van der Waals surface area contributed by atoms with Gasteiger partial charge in [-0.1, -0.05) is 92.7 Å². The highest BCUT2D eigenvalue weighted by atomic mass is 16.4. The van der Waals surface area contributed by atoms with Crippen molar-refractivity contribution in [3.8, 4) is 0 Å². The number of aliphatic carboxylic acids is 1. The van der Waals surface area contributed by atoms with E-state index < -0.39 is 23.9 Å². The van der Waals surface area contributed by atoms with E-state index in [2.05, 4.69) is 74.3 Å². The van der Waals surface area contributed by atoms with Crippen molar-refractivity contribution in [3.63, 3.8) is 0 Å². The van der Waals surface area contributed by atoms with Gasteiger partial charge in [0, 0.05) is 37.4 Å². The number of rotatable bonds is 11. The molecule has 4 N–H and O–H groups in total. The van der Waals surface area contributed by atoms with Gasteiger partial charge in [0.2, 0.25) is 0 Å². The molecule has 1 fully saturated rings. The first kappa shape index (κ1) is 32.2. The monoisotopic (exact) mass is 619 g/mol. The van der Waals surface area contributed by atoms with Gasteiger partial charge in [0.1, 0.15) is 6.04 Å². The van der Waals surface area contributed by atoms with E-state index in [-0.39, 0.29) is 17.5 Å². The molecule has 0 saturated carbocycles. The Bertz CT molecular complexity index is 1570. The van der Waals surface area contributed by atoms with Gasteiger partial charge in [-0.3, -0.25) is 9.69 Å². The van der Waals surface area contributed by atoms with Gasteiger partial charge in [-0.15, -0.1) is 0 Å². The highest BCUT2D eigenvalue weighted by Crippen LogP contribution is 2.33. The van der Waals surface area contributed by atoms with Crippen LogP contribution in [0.1, 0.15) is 47.8 Å². The van der Waals surface area contributed by atoms with E-state index in [1.54, 1.807) is 24.3 Å². The van der Waals surface area contributed by atoms with Crippen molar-refractivity contribution in [3.05, 3.63) is 126 Å². The van der Waals surface area contributed by atoms with Crippen LogP contribution >= 0.6 is 0 Å². The molecule has 0 aliphatic carbocycles.